The van der Waals surface area contributed by atoms with E-state index in [9.17, 15) is 5.11 Å². The van der Waals surface area contributed by atoms with Gasteiger partial charge in [0.1, 0.15) is 17.2 Å². The Morgan fingerprint density at radius 2 is 1.77 bits per heavy atom. The lowest BCUT2D eigenvalue weighted by Crippen LogP contribution is -2.12. The number of aromatic hydroxyl groups is 1. The van der Waals surface area contributed by atoms with Crippen molar-refractivity contribution < 1.29 is 9.84 Å². The quantitative estimate of drug-likeness (QED) is 0.795. The molecule has 1 aromatic heterocycles. The highest BCUT2D eigenvalue weighted by Crippen LogP contribution is 2.31. The van der Waals surface area contributed by atoms with Gasteiger partial charge in [-0.1, -0.05) is 18.2 Å². The molecule has 4 nitrogen and oxygen atoms in total. The minimum atomic E-state index is 0.184. The predicted octanol–water partition coefficient (Wildman–Crippen LogP) is 3.79. The van der Waals surface area contributed by atoms with Crippen molar-refractivity contribution in [1.82, 2.24) is 9.88 Å². The molecule has 0 spiro atoms. The van der Waals surface area contributed by atoms with Gasteiger partial charge < -0.3 is 14.7 Å². The van der Waals surface area contributed by atoms with Crippen molar-refractivity contribution in [2.75, 3.05) is 14.1 Å². The van der Waals surface area contributed by atoms with Crippen LogP contribution < -0.4 is 4.74 Å². The lowest BCUT2D eigenvalue weighted by atomic mass is 10.1. The fraction of sp³-hybridized carbons (Fsp3) is 0.167. The molecule has 0 bridgehead atoms. The van der Waals surface area contributed by atoms with Gasteiger partial charge in [0.15, 0.2) is 0 Å². The van der Waals surface area contributed by atoms with E-state index < -0.39 is 0 Å². The molecular weight excluding hydrogens is 276 g/mol. The Morgan fingerprint density at radius 3 is 2.50 bits per heavy atom. The van der Waals surface area contributed by atoms with E-state index in [4.69, 9.17) is 4.74 Å². The van der Waals surface area contributed by atoms with E-state index in [-0.39, 0.29) is 5.75 Å². The number of pyridine rings is 1. The number of rotatable bonds is 4. The first kappa shape index (κ1) is 14.4. The molecule has 1 heterocycles. The molecule has 0 radical (unpaired) electrons. The van der Waals surface area contributed by atoms with Gasteiger partial charge in [0.25, 0.3) is 0 Å². The summed E-state index contributed by atoms with van der Waals surface area (Å²) >= 11 is 0. The highest BCUT2D eigenvalue weighted by atomic mass is 16.5. The van der Waals surface area contributed by atoms with Gasteiger partial charge >= 0.3 is 0 Å². The zero-order chi connectivity index (χ0) is 15.5. The highest BCUT2D eigenvalue weighted by Gasteiger charge is 2.09. The summed E-state index contributed by atoms with van der Waals surface area (Å²) in [5, 5.41) is 11.7. The second kappa shape index (κ2) is 6.03. The van der Waals surface area contributed by atoms with Crippen LogP contribution in [0, 0.1) is 0 Å². The Bertz CT molecular complexity index is 786. The Hall–Kier alpha value is -2.59. The summed E-state index contributed by atoms with van der Waals surface area (Å²) in [6.07, 6.45) is 1.50. The molecule has 0 unspecified atom stereocenters. The van der Waals surface area contributed by atoms with E-state index in [1.807, 2.05) is 67.5 Å². The maximum atomic E-state index is 9.99. The number of ether oxygens (including phenoxy) is 1. The predicted molar refractivity (Wildman–Crippen MR) is 87.3 cm³/mol. The van der Waals surface area contributed by atoms with Crippen molar-refractivity contribution in [2.45, 2.75) is 6.54 Å². The summed E-state index contributed by atoms with van der Waals surface area (Å²) in [6, 6.07) is 15.3. The van der Waals surface area contributed by atoms with Crippen molar-refractivity contribution in [1.29, 1.82) is 0 Å². The third-order valence-corrected chi connectivity index (χ3v) is 3.37. The van der Waals surface area contributed by atoms with Crippen LogP contribution >= 0.6 is 0 Å². The molecule has 0 aliphatic rings. The van der Waals surface area contributed by atoms with Gasteiger partial charge in [-0.05, 0) is 44.4 Å². The normalized spacial score (nSPS) is 11.0. The van der Waals surface area contributed by atoms with E-state index in [2.05, 4.69) is 4.98 Å². The van der Waals surface area contributed by atoms with Gasteiger partial charge in [-0.15, -0.1) is 0 Å². The Balaban J connectivity index is 2.03. The first-order valence-corrected chi connectivity index (χ1v) is 7.12. The average molecular weight is 294 g/mol. The van der Waals surface area contributed by atoms with Crippen LogP contribution in [0.1, 0.15) is 5.69 Å². The maximum Gasteiger partial charge on any atom is 0.141 e. The summed E-state index contributed by atoms with van der Waals surface area (Å²) in [6.45, 7) is 0.700. The van der Waals surface area contributed by atoms with Gasteiger partial charge in [-0.25, -0.2) is 0 Å². The van der Waals surface area contributed by atoms with Crippen molar-refractivity contribution in [3.8, 4) is 17.2 Å². The number of nitrogens with zero attached hydrogens (tertiary/aromatic N) is 2. The van der Waals surface area contributed by atoms with Crippen LogP contribution in [0.15, 0.2) is 54.7 Å². The van der Waals surface area contributed by atoms with E-state index in [0.29, 0.717) is 6.54 Å². The molecule has 112 valence electrons. The van der Waals surface area contributed by atoms with Gasteiger partial charge in [0.05, 0.1) is 11.9 Å². The molecule has 2 aromatic carbocycles. The maximum absolute atomic E-state index is 9.99. The molecule has 3 rings (SSSR count). The smallest absolute Gasteiger partial charge is 0.141 e. The minimum Gasteiger partial charge on any atom is -0.506 e. The molecule has 0 saturated carbocycles. The Labute approximate surface area is 129 Å². The number of hydrogen-bond donors (Lipinski definition) is 1. The lowest BCUT2D eigenvalue weighted by Gasteiger charge is -2.13. The topological polar surface area (TPSA) is 45.6 Å². The Morgan fingerprint density at radius 1 is 1.00 bits per heavy atom. The van der Waals surface area contributed by atoms with Crippen molar-refractivity contribution in [3.05, 3.63) is 60.4 Å². The summed E-state index contributed by atoms with van der Waals surface area (Å²) in [5.74, 6) is 1.69. The van der Waals surface area contributed by atoms with Crippen LogP contribution in [-0.4, -0.2) is 29.1 Å². The zero-order valence-corrected chi connectivity index (χ0v) is 12.7. The highest BCUT2D eigenvalue weighted by molar-refractivity contribution is 5.90. The average Bonchev–Trinajstić information content (AvgIpc) is 2.51. The lowest BCUT2D eigenvalue weighted by molar-refractivity contribution is 0.398. The van der Waals surface area contributed by atoms with Gasteiger partial charge in [0.2, 0.25) is 0 Å². The van der Waals surface area contributed by atoms with Crippen LogP contribution in [0.4, 0.5) is 0 Å². The second-order valence-corrected chi connectivity index (χ2v) is 5.45. The van der Waals surface area contributed by atoms with Crippen LogP contribution in [0.3, 0.4) is 0 Å². The number of benzene rings is 2. The van der Waals surface area contributed by atoms with Crippen molar-refractivity contribution in [3.63, 3.8) is 0 Å². The molecule has 1 N–H and O–H groups in total. The first-order chi connectivity index (χ1) is 10.6. The third-order valence-electron chi connectivity index (χ3n) is 3.37. The fourth-order valence-corrected chi connectivity index (χ4v) is 2.38. The van der Waals surface area contributed by atoms with E-state index >= 15 is 0 Å². The molecule has 0 aliphatic heterocycles. The molecule has 0 saturated heterocycles. The monoisotopic (exact) mass is 294 g/mol. The first-order valence-electron chi connectivity index (χ1n) is 7.12. The Kier molecular flexibility index (Phi) is 3.94. The summed E-state index contributed by atoms with van der Waals surface area (Å²) in [7, 11) is 3.98. The molecular formula is C18H18N2O2. The van der Waals surface area contributed by atoms with Crippen LogP contribution in [-0.2, 0) is 6.54 Å². The van der Waals surface area contributed by atoms with Crippen LogP contribution in [0.5, 0.6) is 17.2 Å². The fourth-order valence-electron chi connectivity index (χ4n) is 2.38. The summed E-state index contributed by atoms with van der Waals surface area (Å²) < 4.78 is 5.86. The molecule has 0 aliphatic carbocycles. The number of fused-ring (bicyclic) bond motifs is 1. The number of para-hydroxylation sites is 1. The zero-order valence-electron chi connectivity index (χ0n) is 12.7. The van der Waals surface area contributed by atoms with Gasteiger partial charge in [0, 0.05) is 17.3 Å². The van der Waals surface area contributed by atoms with E-state index in [0.717, 1.165) is 28.0 Å². The molecule has 0 fully saturated rings. The molecule has 0 amide bonds. The molecule has 0 atom stereocenters. The molecule has 22 heavy (non-hydrogen) atoms. The summed E-state index contributed by atoms with van der Waals surface area (Å²) in [5.41, 5.74) is 0.913. The largest absolute Gasteiger partial charge is 0.506 e. The third kappa shape index (κ3) is 3.02. The number of aromatic nitrogens is 1. The van der Waals surface area contributed by atoms with Gasteiger partial charge in [-0.3, -0.25) is 4.98 Å². The minimum absolute atomic E-state index is 0.184. The van der Waals surface area contributed by atoms with Crippen molar-refractivity contribution >= 4 is 10.8 Å². The number of hydrogen-bond acceptors (Lipinski definition) is 4. The second-order valence-electron chi connectivity index (χ2n) is 5.45. The summed E-state index contributed by atoms with van der Waals surface area (Å²) in [4.78, 5) is 6.39. The molecule has 4 heteroatoms. The van der Waals surface area contributed by atoms with E-state index in [1.165, 1.54) is 6.20 Å². The van der Waals surface area contributed by atoms with Crippen molar-refractivity contribution in [2.24, 2.45) is 0 Å². The van der Waals surface area contributed by atoms with Crippen LogP contribution in [0.2, 0.25) is 0 Å². The molecule has 3 aromatic rings. The van der Waals surface area contributed by atoms with Crippen LogP contribution in [0.25, 0.3) is 10.8 Å². The van der Waals surface area contributed by atoms with E-state index in [1.54, 1.807) is 0 Å². The van der Waals surface area contributed by atoms with Gasteiger partial charge in [-0.2, -0.15) is 0 Å². The standard InChI is InChI=1S/C18H18N2O2/c1-20(2)12-17-16-10-14(22-13-6-4-3-5-7-13)8-9-15(16)18(21)11-19-17/h3-11,21H,12H2,1-2H3. The SMILES string of the molecule is CN(C)Cc1ncc(O)c2ccc(Oc3ccccc3)cc12.